The molecule has 1 aliphatic heterocycles. The first-order chi connectivity index (χ1) is 23.4. The van der Waals surface area contributed by atoms with Gasteiger partial charge in [0.2, 0.25) is 6.29 Å². The number of benzene rings is 4. The Morgan fingerprint density at radius 2 is 1.06 bits per heavy atom. The predicted molar refractivity (Wildman–Crippen MR) is 183 cm³/mol. The fraction of sp³-hybridized carbons (Fsp3) is 0.341. The number of carbonyl (C=O) groups is 1. The van der Waals surface area contributed by atoms with Crippen molar-refractivity contribution in [1.82, 2.24) is 0 Å². The van der Waals surface area contributed by atoms with Gasteiger partial charge in [0.25, 0.3) is 0 Å². The zero-order valence-corrected chi connectivity index (χ0v) is 27.6. The van der Waals surface area contributed by atoms with Crippen LogP contribution in [0.5, 0.6) is 0 Å². The van der Waals surface area contributed by atoms with Gasteiger partial charge in [0.15, 0.2) is 0 Å². The van der Waals surface area contributed by atoms with Crippen molar-refractivity contribution in [1.29, 1.82) is 0 Å². The van der Waals surface area contributed by atoms with Gasteiger partial charge in [0.05, 0.1) is 38.4 Å². The largest absolute Gasteiger partial charge is 0.432 e. The van der Waals surface area contributed by atoms with Gasteiger partial charge in [-0.1, -0.05) is 121 Å². The summed E-state index contributed by atoms with van der Waals surface area (Å²) in [6.07, 6.45) is 1.83. The van der Waals surface area contributed by atoms with Gasteiger partial charge in [-0.3, -0.25) is 4.79 Å². The van der Waals surface area contributed by atoms with Gasteiger partial charge in [-0.2, -0.15) is 0 Å². The quantitative estimate of drug-likeness (QED) is 0.0935. The summed E-state index contributed by atoms with van der Waals surface area (Å²) in [5.74, 6) is 2.09. The third-order valence-electron chi connectivity index (χ3n) is 8.16. The van der Waals surface area contributed by atoms with Crippen LogP contribution in [-0.4, -0.2) is 43.3 Å². The lowest BCUT2D eigenvalue weighted by Gasteiger charge is -2.46. The molecule has 7 heteroatoms. The second-order valence-electron chi connectivity index (χ2n) is 12.5. The minimum absolute atomic E-state index is 0.159. The Labute approximate surface area is 284 Å². The minimum atomic E-state index is -1.12. The average Bonchev–Trinajstić information content (AvgIpc) is 3.11. The van der Waals surface area contributed by atoms with E-state index in [-0.39, 0.29) is 26.2 Å². The molecule has 250 valence electrons. The third-order valence-corrected chi connectivity index (χ3v) is 8.16. The van der Waals surface area contributed by atoms with Crippen LogP contribution in [0.1, 0.15) is 42.5 Å². The van der Waals surface area contributed by atoms with Crippen molar-refractivity contribution < 1.29 is 33.2 Å². The van der Waals surface area contributed by atoms with Crippen molar-refractivity contribution in [2.75, 3.05) is 6.61 Å². The lowest BCUT2D eigenvalue weighted by molar-refractivity contribution is -0.322. The highest BCUT2D eigenvalue weighted by atomic mass is 16.7. The smallest absolute Gasteiger partial charge is 0.314 e. The summed E-state index contributed by atoms with van der Waals surface area (Å²) in [6.45, 7) is 4.87. The van der Waals surface area contributed by atoms with Crippen molar-refractivity contribution in [2.24, 2.45) is 5.41 Å². The molecule has 0 aliphatic carbocycles. The third kappa shape index (κ3) is 10.1. The minimum Gasteiger partial charge on any atom is -0.432 e. The van der Waals surface area contributed by atoms with E-state index in [9.17, 15) is 4.79 Å². The normalized spacial score (nSPS) is 20.9. The number of hydrogen-bond acceptors (Lipinski definition) is 7. The Hall–Kier alpha value is -4.29. The molecule has 1 fully saturated rings. The number of terminal acetylenes is 1. The molecular weight excluding hydrogens is 604 g/mol. The molecule has 4 aromatic rings. The molecule has 5 atom stereocenters. The molecule has 0 spiro atoms. The van der Waals surface area contributed by atoms with E-state index in [0.29, 0.717) is 13.2 Å². The number of hydrogen-bond donors (Lipinski definition) is 0. The van der Waals surface area contributed by atoms with Gasteiger partial charge in [0.1, 0.15) is 24.4 Å². The molecule has 0 aromatic heterocycles. The summed E-state index contributed by atoms with van der Waals surface area (Å²) >= 11 is 0. The maximum Gasteiger partial charge on any atom is 0.314 e. The van der Waals surface area contributed by atoms with Gasteiger partial charge in [-0.25, -0.2) is 0 Å². The molecule has 0 bridgehead atoms. The van der Waals surface area contributed by atoms with Crippen LogP contribution in [0.4, 0.5) is 0 Å². The van der Waals surface area contributed by atoms with Gasteiger partial charge < -0.3 is 28.4 Å². The van der Waals surface area contributed by atoms with Crippen LogP contribution in [0, 0.1) is 17.8 Å². The lowest BCUT2D eigenvalue weighted by Crippen LogP contribution is -2.62. The highest BCUT2D eigenvalue weighted by Gasteiger charge is 2.51. The topological polar surface area (TPSA) is 72.5 Å². The van der Waals surface area contributed by atoms with Crippen LogP contribution in [0.3, 0.4) is 0 Å². The molecule has 0 unspecified atom stereocenters. The van der Waals surface area contributed by atoms with Gasteiger partial charge >= 0.3 is 5.97 Å². The summed E-state index contributed by atoms with van der Waals surface area (Å²) in [6, 6.07) is 39.5. The predicted octanol–water partition coefficient (Wildman–Crippen LogP) is 7.28. The molecule has 0 N–H and O–H groups in total. The average molecular weight is 649 g/mol. The SMILES string of the molecule is C#CCC(C)(C)C(=O)O[C@@H]1O[C@H](COCc2ccccc2)[C@@H](OCc2ccccc2)[C@H](OCc2ccccc2)[C@H]1OCc1ccccc1. The number of esters is 1. The van der Waals surface area contributed by atoms with Crippen LogP contribution in [0.25, 0.3) is 0 Å². The van der Waals surface area contributed by atoms with Crippen LogP contribution < -0.4 is 0 Å². The van der Waals surface area contributed by atoms with Crippen molar-refractivity contribution in [3.05, 3.63) is 144 Å². The van der Waals surface area contributed by atoms with Crippen molar-refractivity contribution in [3.8, 4) is 12.3 Å². The van der Waals surface area contributed by atoms with Crippen molar-refractivity contribution >= 4 is 5.97 Å². The summed E-state index contributed by atoms with van der Waals surface area (Å²) in [4.78, 5) is 13.6. The molecular formula is C41H44O7. The second-order valence-corrected chi connectivity index (χ2v) is 12.5. The van der Waals surface area contributed by atoms with Crippen LogP contribution >= 0.6 is 0 Å². The molecule has 7 nitrogen and oxygen atoms in total. The van der Waals surface area contributed by atoms with E-state index in [1.807, 2.05) is 121 Å². The van der Waals surface area contributed by atoms with Crippen molar-refractivity contribution in [3.63, 3.8) is 0 Å². The Morgan fingerprint density at radius 3 is 1.52 bits per heavy atom. The zero-order valence-electron chi connectivity index (χ0n) is 27.6. The van der Waals surface area contributed by atoms with Crippen molar-refractivity contribution in [2.45, 2.75) is 77.4 Å². The maximum atomic E-state index is 13.6. The number of ether oxygens (including phenoxy) is 6. The van der Waals surface area contributed by atoms with Gasteiger partial charge in [-0.05, 0) is 36.1 Å². The monoisotopic (exact) mass is 648 g/mol. The van der Waals surface area contributed by atoms with E-state index in [1.54, 1.807) is 13.8 Å². The lowest BCUT2D eigenvalue weighted by atomic mass is 9.90. The molecule has 1 saturated heterocycles. The molecule has 5 rings (SSSR count). The van der Waals surface area contributed by atoms with E-state index in [4.69, 9.17) is 34.8 Å². The summed E-state index contributed by atoms with van der Waals surface area (Å²) in [5.41, 5.74) is 3.01. The Morgan fingerprint density at radius 1 is 0.646 bits per heavy atom. The standard InChI is InChI=1S/C41H44O7/c1-4-25-41(2,3)40(42)48-39-38(46-29-34-23-15-8-16-24-34)37(45-28-33-21-13-7-14-22-33)36(44-27-32-19-11-6-12-20-32)35(47-39)30-43-26-31-17-9-5-10-18-31/h1,5-24,35-39H,25-30H2,2-3H3/t35-,36-,37+,38-,39+/m1/s1. The molecule has 1 heterocycles. The first-order valence-corrected chi connectivity index (χ1v) is 16.3. The van der Waals surface area contributed by atoms with E-state index in [1.165, 1.54) is 0 Å². The molecule has 1 aliphatic rings. The molecule has 48 heavy (non-hydrogen) atoms. The van der Waals surface area contributed by atoms with E-state index < -0.39 is 42.1 Å². The number of rotatable bonds is 16. The first kappa shape index (κ1) is 35.0. The Balaban J connectivity index is 1.48. The molecule has 0 radical (unpaired) electrons. The Kier molecular flexibility index (Phi) is 12.9. The van der Waals surface area contributed by atoms with E-state index >= 15 is 0 Å². The second kappa shape index (κ2) is 17.7. The first-order valence-electron chi connectivity index (χ1n) is 16.3. The molecule has 0 saturated carbocycles. The molecule has 4 aromatic carbocycles. The van der Waals surface area contributed by atoms with Crippen LogP contribution in [0.2, 0.25) is 0 Å². The van der Waals surface area contributed by atoms with Crippen LogP contribution in [0.15, 0.2) is 121 Å². The molecule has 0 amide bonds. The van der Waals surface area contributed by atoms with E-state index in [2.05, 4.69) is 5.92 Å². The fourth-order valence-electron chi connectivity index (χ4n) is 5.43. The summed E-state index contributed by atoms with van der Waals surface area (Å²) < 4.78 is 38.9. The van der Waals surface area contributed by atoms with Crippen LogP contribution in [-0.2, 0) is 59.6 Å². The number of carbonyl (C=O) groups excluding carboxylic acids is 1. The fourth-order valence-corrected chi connectivity index (χ4v) is 5.43. The van der Waals surface area contributed by atoms with E-state index in [0.717, 1.165) is 22.3 Å². The maximum absolute atomic E-state index is 13.6. The Bertz CT molecular complexity index is 1550. The zero-order chi connectivity index (χ0) is 33.6. The highest BCUT2D eigenvalue weighted by Crippen LogP contribution is 2.33. The van der Waals surface area contributed by atoms with Gasteiger partial charge in [-0.15, -0.1) is 12.3 Å². The highest BCUT2D eigenvalue weighted by molar-refractivity contribution is 5.76. The summed E-state index contributed by atoms with van der Waals surface area (Å²) in [7, 11) is 0. The summed E-state index contributed by atoms with van der Waals surface area (Å²) in [5, 5.41) is 0. The van der Waals surface area contributed by atoms with Gasteiger partial charge in [0, 0.05) is 6.42 Å².